The van der Waals surface area contributed by atoms with Gasteiger partial charge in [0.2, 0.25) is 5.91 Å². The van der Waals surface area contributed by atoms with Crippen LogP contribution in [0.3, 0.4) is 0 Å². The van der Waals surface area contributed by atoms with E-state index in [0.717, 1.165) is 16.7 Å². The van der Waals surface area contributed by atoms with Gasteiger partial charge in [0.1, 0.15) is 11.5 Å². The average Bonchev–Trinajstić information content (AvgIpc) is 3.37. The maximum Gasteiger partial charge on any atom is 0.227 e. The van der Waals surface area contributed by atoms with Crippen molar-refractivity contribution in [3.63, 3.8) is 0 Å². The molecule has 1 fully saturated rings. The van der Waals surface area contributed by atoms with Gasteiger partial charge in [-0.3, -0.25) is 4.79 Å². The molecule has 2 aliphatic rings. The second-order valence-electron chi connectivity index (χ2n) is 7.59. The van der Waals surface area contributed by atoms with Crippen LogP contribution in [-0.2, 0) is 17.7 Å². The van der Waals surface area contributed by atoms with E-state index >= 15 is 0 Å². The van der Waals surface area contributed by atoms with E-state index in [2.05, 4.69) is 5.32 Å². The molecule has 3 nitrogen and oxygen atoms in total. The zero-order valence-corrected chi connectivity index (χ0v) is 15.5. The number of aryl methyl sites for hydroxylation is 1. The lowest BCUT2D eigenvalue weighted by molar-refractivity contribution is -0.117. The van der Waals surface area contributed by atoms with Gasteiger partial charge in [-0.05, 0) is 79.6 Å². The van der Waals surface area contributed by atoms with E-state index in [1.807, 2.05) is 13.8 Å². The quantitative estimate of drug-likeness (QED) is 0.833. The molecule has 0 atom stereocenters. The van der Waals surface area contributed by atoms with Crippen LogP contribution in [0.2, 0.25) is 0 Å². The fourth-order valence-electron chi connectivity index (χ4n) is 3.66. The lowest BCUT2D eigenvalue weighted by Crippen LogP contribution is -2.31. The van der Waals surface area contributed by atoms with E-state index in [9.17, 15) is 13.6 Å². The molecule has 2 aromatic rings. The van der Waals surface area contributed by atoms with Crippen LogP contribution in [0.4, 0.5) is 20.2 Å². The summed E-state index contributed by atoms with van der Waals surface area (Å²) in [5.41, 5.74) is 2.87. The van der Waals surface area contributed by atoms with E-state index in [1.54, 1.807) is 23.1 Å². The number of rotatable bonds is 4. The predicted molar refractivity (Wildman–Crippen MR) is 103 cm³/mol. The highest BCUT2D eigenvalue weighted by molar-refractivity contribution is 5.93. The van der Waals surface area contributed by atoms with Crippen LogP contribution in [0.1, 0.15) is 44.3 Å². The van der Waals surface area contributed by atoms with Crippen LogP contribution in [0, 0.1) is 19.7 Å². The Morgan fingerprint density at radius 1 is 1.30 bits per heavy atom. The van der Waals surface area contributed by atoms with Crippen molar-refractivity contribution in [2.45, 2.75) is 51.7 Å². The summed E-state index contributed by atoms with van der Waals surface area (Å²) in [6.07, 6.45) is 1.32. The maximum atomic E-state index is 13.9. The molecule has 0 bridgehead atoms. The summed E-state index contributed by atoms with van der Waals surface area (Å²) in [7, 11) is 0. The highest BCUT2D eigenvalue weighted by atomic mass is 19.1. The smallest absolute Gasteiger partial charge is 0.227 e. The van der Waals surface area contributed by atoms with Crippen molar-refractivity contribution in [2.24, 2.45) is 0 Å². The van der Waals surface area contributed by atoms with E-state index in [0.29, 0.717) is 42.7 Å². The molecule has 0 aromatic heterocycles. The van der Waals surface area contributed by atoms with Gasteiger partial charge in [-0.1, -0.05) is 6.07 Å². The number of benzene rings is 2. The summed E-state index contributed by atoms with van der Waals surface area (Å²) >= 11 is 0. The van der Waals surface area contributed by atoms with Crippen molar-refractivity contribution in [3.05, 3.63) is 58.4 Å². The van der Waals surface area contributed by atoms with E-state index in [-0.39, 0.29) is 18.1 Å². The number of carbonyl (C=O) groups is 1. The number of nitrogens with one attached hydrogen (secondary N) is 1. The molecule has 5 heteroatoms. The number of hydrogen-bond acceptors (Lipinski definition) is 2. The Balaban J connectivity index is 1.66. The third-order valence-corrected chi connectivity index (χ3v) is 5.42. The summed E-state index contributed by atoms with van der Waals surface area (Å²) < 4.78 is 44.7. The zero-order valence-electron chi connectivity index (χ0n) is 17.5. The minimum Gasteiger partial charge on any atom is -0.367 e. The predicted octanol–water partition coefficient (Wildman–Crippen LogP) is 4.84. The molecule has 0 unspecified atom stereocenters. The minimum atomic E-state index is -1.78. The molecule has 27 heavy (non-hydrogen) atoms. The van der Waals surface area contributed by atoms with Crippen molar-refractivity contribution in [1.82, 2.24) is 0 Å². The Morgan fingerprint density at radius 2 is 2.00 bits per heavy atom. The largest absolute Gasteiger partial charge is 0.367 e. The Hall–Kier alpha value is -2.43. The first-order valence-electron chi connectivity index (χ1n) is 10.3. The van der Waals surface area contributed by atoms with Crippen LogP contribution in [0.25, 0.3) is 0 Å². The van der Waals surface area contributed by atoms with E-state index in [4.69, 9.17) is 2.74 Å². The molecular weight excluding hydrogens is 346 g/mol. The Labute approximate surface area is 161 Å². The minimum absolute atomic E-state index is 0.137. The summed E-state index contributed by atoms with van der Waals surface area (Å²) in [5, 5.41) is 2.84. The van der Waals surface area contributed by atoms with Crippen molar-refractivity contribution >= 4 is 17.3 Å². The number of amides is 1. The standard InChI is InChI=1S/C22H24F2N2O/c1-14-11-16-13-26(18-5-3-17(23)4-6-18)10-7-19(16)15(2)21(14)25-20(27)12-22(24)8-9-22/h3-6,11H,7-10,12-13H2,1-2H3,(H,25,27)/i13D2. The third-order valence-electron chi connectivity index (χ3n) is 5.42. The first-order chi connectivity index (χ1) is 13.6. The molecule has 0 radical (unpaired) electrons. The Kier molecular flexibility index (Phi) is 3.83. The topological polar surface area (TPSA) is 32.3 Å². The molecule has 0 saturated heterocycles. The SMILES string of the molecule is [2H]C1([2H])c2cc(C)c(NC(=O)CC3(F)CC3)c(C)c2CCN1c1ccc(F)cc1. The fourth-order valence-corrected chi connectivity index (χ4v) is 3.66. The van der Waals surface area contributed by atoms with Gasteiger partial charge in [-0.15, -0.1) is 0 Å². The van der Waals surface area contributed by atoms with Crippen LogP contribution < -0.4 is 10.2 Å². The summed E-state index contributed by atoms with van der Waals surface area (Å²) in [6.45, 7) is 2.34. The molecule has 4 rings (SSSR count). The maximum absolute atomic E-state index is 13.9. The zero-order chi connectivity index (χ0) is 21.0. The van der Waals surface area contributed by atoms with E-state index in [1.165, 1.54) is 12.1 Å². The average molecular weight is 372 g/mol. The van der Waals surface area contributed by atoms with Gasteiger partial charge in [0.25, 0.3) is 0 Å². The van der Waals surface area contributed by atoms with Crippen LogP contribution in [0.5, 0.6) is 0 Å². The van der Waals surface area contributed by atoms with Crippen molar-refractivity contribution < 1.29 is 16.3 Å². The van der Waals surface area contributed by atoms with Gasteiger partial charge < -0.3 is 10.2 Å². The van der Waals surface area contributed by atoms with Crippen molar-refractivity contribution in [2.75, 3.05) is 16.8 Å². The van der Waals surface area contributed by atoms with Crippen molar-refractivity contribution in [3.8, 4) is 0 Å². The Bertz CT molecular complexity index is 972. The second kappa shape index (κ2) is 6.63. The van der Waals surface area contributed by atoms with Gasteiger partial charge in [-0.25, -0.2) is 8.78 Å². The number of carbonyl (C=O) groups excluding carboxylic acids is 1. The van der Waals surface area contributed by atoms with Crippen LogP contribution in [-0.4, -0.2) is 18.1 Å². The molecule has 1 heterocycles. The molecule has 1 aliphatic carbocycles. The normalized spacial score (nSPS) is 20.4. The molecule has 1 aliphatic heterocycles. The lowest BCUT2D eigenvalue weighted by Gasteiger charge is -2.33. The van der Waals surface area contributed by atoms with Gasteiger partial charge in [-0.2, -0.15) is 0 Å². The summed E-state index contributed by atoms with van der Waals surface area (Å²) in [5.74, 6) is -0.706. The number of alkyl halides is 1. The van der Waals surface area contributed by atoms with Gasteiger partial charge in [0.05, 0.1) is 9.16 Å². The van der Waals surface area contributed by atoms with E-state index < -0.39 is 12.2 Å². The molecular formula is C22H24F2N2O. The molecule has 0 spiro atoms. The first kappa shape index (κ1) is 15.6. The molecule has 1 amide bonds. The number of anilines is 2. The molecule has 2 aromatic carbocycles. The van der Waals surface area contributed by atoms with Gasteiger partial charge in [0, 0.05) is 24.4 Å². The number of hydrogen-bond donors (Lipinski definition) is 1. The first-order valence-corrected chi connectivity index (χ1v) is 9.26. The highest BCUT2D eigenvalue weighted by Crippen LogP contribution is 2.43. The molecule has 1 N–H and O–H groups in total. The van der Waals surface area contributed by atoms with Crippen LogP contribution >= 0.6 is 0 Å². The molecule has 1 saturated carbocycles. The fraction of sp³-hybridized carbons (Fsp3) is 0.409. The monoisotopic (exact) mass is 372 g/mol. The summed E-state index contributed by atoms with van der Waals surface area (Å²) in [4.78, 5) is 13.9. The molecule has 142 valence electrons. The highest BCUT2D eigenvalue weighted by Gasteiger charge is 2.45. The second-order valence-corrected chi connectivity index (χ2v) is 7.59. The Morgan fingerprint density at radius 3 is 2.67 bits per heavy atom. The van der Waals surface area contributed by atoms with Crippen LogP contribution in [0.15, 0.2) is 30.3 Å². The third kappa shape index (κ3) is 3.68. The lowest BCUT2D eigenvalue weighted by atomic mass is 9.91. The number of nitrogens with zero attached hydrogens (tertiary/aromatic N) is 1. The number of halogens is 2. The number of fused-ring (bicyclic) bond motifs is 1. The summed E-state index contributed by atoms with van der Waals surface area (Å²) in [6, 6.07) is 7.57. The van der Waals surface area contributed by atoms with Gasteiger partial charge >= 0.3 is 0 Å². The van der Waals surface area contributed by atoms with Crippen molar-refractivity contribution in [1.29, 1.82) is 0 Å². The van der Waals surface area contributed by atoms with Gasteiger partial charge in [0.15, 0.2) is 0 Å².